The summed E-state index contributed by atoms with van der Waals surface area (Å²) in [5, 5.41) is 23.4. The minimum atomic E-state index is -0.663. The van der Waals surface area contributed by atoms with Gasteiger partial charge in [0.15, 0.2) is 0 Å². The Morgan fingerprint density at radius 3 is 1.00 bits per heavy atom. The molecule has 2 atom stereocenters. The maximum absolute atomic E-state index is 12.5. The summed E-state index contributed by atoms with van der Waals surface area (Å²) in [5.74, 6) is -0.0234. The lowest BCUT2D eigenvalue weighted by Gasteiger charge is -2.22. The van der Waals surface area contributed by atoms with Gasteiger partial charge in [0.1, 0.15) is 0 Å². The van der Waals surface area contributed by atoms with Crippen LogP contribution >= 0.6 is 0 Å². The Hall–Kier alpha value is -1.66. The second kappa shape index (κ2) is 67.8. The van der Waals surface area contributed by atoms with Crippen molar-refractivity contribution in [1.82, 2.24) is 5.32 Å². The molecule has 0 aliphatic carbocycles. The van der Waals surface area contributed by atoms with Gasteiger partial charge in [0.05, 0.1) is 25.4 Å². The van der Waals surface area contributed by atoms with Crippen molar-refractivity contribution in [3.8, 4) is 0 Å². The summed E-state index contributed by atoms with van der Waals surface area (Å²) in [6, 6.07) is -0.540. The van der Waals surface area contributed by atoms with Crippen LogP contribution in [0.25, 0.3) is 0 Å². The summed E-state index contributed by atoms with van der Waals surface area (Å²) < 4.78 is 5.49. The number of rotatable bonds is 67. The van der Waals surface area contributed by atoms with E-state index in [-0.39, 0.29) is 18.5 Å². The number of amides is 1. The van der Waals surface area contributed by atoms with Crippen molar-refractivity contribution in [2.75, 3.05) is 13.2 Å². The van der Waals surface area contributed by atoms with Crippen molar-refractivity contribution in [2.24, 2.45) is 0 Å². The van der Waals surface area contributed by atoms with E-state index in [1.807, 2.05) is 0 Å². The highest BCUT2D eigenvalue weighted by molar-refractivity contribution is 5.76. The molecule has 0 saturated heterocycles. The van der Waals surface area contributed by atoms with Crippen LogP contribution in [0.3, 0.4) is 0 Å². The smallest absolute Gasteiger partial charge is 0.305 e. The highest BCUT2D eigenvalue weighted by atomic mass is 16.5. The van der Waals surface area contributed by atoms with Gasteiger partial charge in [-0.05, 0) is 57.8 Å². The highest BCUT2D eigenvalue weighted by Gasteiger charge is 2.20. The van der Waals surface area contributed by atoms with Crippen molar-refractivity contribution < 1.29 is 24.5 Å². The first kappa shape index (κ1) is 76.3. The number of ether oxygens (including phenoxy) is 1. The fraction of sp³-hybridized carbons (Fsp3) is 0.917. The van der Waals surface area contributed by atoms with Gasteiger partial charge in [0.25, 0.3) is 0 Å². The molecule has 6 nitrogen and oxygen atoms in total. The number of esters is 1. The van der Waals surface area contributed by atoms with Crippen molar-refractivity contribution in [3.05, 3.63) is 24.3 Å². The monoisotopic (exact) mass is 1100 g/mol. The number of hydrogen-bond donors (Lipinski definition) is 3. The number of aliphatic hydroxyl groups excluding tert-OH is 2. The summed E-state index contributed by atoms with van der Waals surface area (Å²) in [4.78, 5) is 24.6. The van der Waals surface area contributed by atoms with Crippen molar-refractivity contribution >= 4 is 11.9 Å². The largest absolute Gasteiger partial charge is 0.466 e. The minimum absolute atomic E-state index is 0.00480. The van der Waals surface area contributed by atoms with Crippen LogP contribution in [0.1, 0.15) is 399 Å². The number of hydrogen-bond acceptors (Lipinski definition) is 5. The van der Waals surface area contributed by atoms with E-state index in [2.05, 4.69) is 43.5 Å². The molecule has 78 heavy (non-hydrogen) atoms. The van der Waals surface area contributed by atoms with Crippen molar-refractivity contribution in [2.45, 2.75) is 411 Å². The lowest BCUT2D eigenvalue weighted by Crippen LogP contribution is -2.45. The molecule has 0 rings (SSSR count). The molecule has 0 aromatic heterocycles. The number of aliphatic hydroxyl groups is 2. The first-order valence-corrected chi connectivity index (χ1v) is 35.6. The van der Waals surface area contributed by atoms with Crippen LogP contribution in [-0.4, -0.2) is 47.4 Å². The quantitative estimate of drug-likeness (QED) is 0.0320. The van der Waals surface area contributed by atoms with Crippen LogP contribution in [0.2, 0.25) is 0 Å². The zero-order chi connectivity index (χ0) is 56.4. The number of unbranched alkanes of at least 4 members (excludes halogenated alkanes) is 52. The van der Waals surface area contributed by atoms with Crippen LogP contribution in [0.4, 0.5) is 0 Å². The summed E-state index contributed by atoms with van der Waals surface area (Å²) in [6.07, 6.45) is 85.1. The lowest BCUT2D eigenvalue weighted by molar-refractivity contribution is -0.143. The van der Waals surface area contributed by atoms with E-state index in [1.54, 1.807) is 0 Å². The van der Waals surface area contributed by atoms with Crippen molar-refractivity contribution in [3.63, 3.8) is 0 Å². The van der Waals surface area contributed by atoms with E-state index < -0.39 is 12.1 Å². The van der Waals surface area contributed by atoms with E-state index in [0.29, 0.717) is 25.9 Å². The summed E-state index contributed by atoms with van der Waals surface area (Å²) in [5.41, 5.74) is 0. The minimum Gasteiger partial charge on any atom is -0.466 e. The van der Waals surface area contributed by atoms with Crippen LogP contribution < -0.4 is 5.32 Å². The Morgan fingerprint density at radius 2 is 0.641 bits per heavy atom. The molecule has 0 bridgehead atoms. The third kappa shape index (κ3) is 63.5. The predicted molar refractivity (Wildman–Crippen MR) is 343 cm³/mol. The molecule has 0 aliphatic rings. The molecular formula is C72H139NO5. The zero-order valence-electron chi connectivity index (χ0n) is 52.9. The van der Waals surface area contributed by atoms with Gasteiger partial charge >= 0.3 is 5.97 Å². The lowest BCUT2D eigenvalue weighted by atomic mass is 10.0. The van der Waals surface area contributed by atoms with Gasteiger partial charge in [0, 0.05) is 12.8 Å². The Labute approximate surface area is 488 Å². The van der Waals surface area contributed by atoms with Crippen LogP contribution in [0, 0.1) is 0 Å². The molecule has 0 heterocycles. The van der Waals surface area contributed by atoms with Gasteiger partial charge in [-0.1, -0.05) is 353 Å². The van der Waals surface area contributed by atoms with Gasteiger partial charge in [-0.2, -0.15) is 0 Å². The van der Waals surface area contributed by atoms with E-state index in [0.717, 1.165) is 51.4 Å². The summed E-state index contributed by atoms with van der Waals surface area (Å²) in [6.45, 7) is 4.96. The number of nitrogens with one attached hydrogen (secondary N) is 1. The standard InChI is InChI=1S/C72H139NO5/c1-3-5-7-9-11-13-15-17-19-20-30-33-37-40-44-48-52-56-60-64-70(75)69(68-74)73-71(76)65-61-57-53-49-45-41-38-34-31-28-26-24-22-21-23-25-27-29-32-35-39-43-47-51-55-59-63-67-78-72(77)66-62-58-54-50-46-42-36-18-16-14-12-10-8-6-4-2/h12,14,18,36,69-70,74-75H,3-11,13,15-17,19-35,37-68H2,1-2H3,(H,73,76)/b14-12-,36-18-. The molecule has 6 heteroatoms. The first-order valence-electron chi connectivity index (χ1n) is 35.6. The average Bonchev–Trinajstić information content (AvgIpc) is 3.44. The maximum atomic E-state index is 12.5. The van der Waals surface area contributed by atoms with Gasteiger partial charge in [-0.25, -0.2) is 0 Å². The summed E-state index contributed by atoms with van der Waals surface area (Å²) in [7, 11) is 0. The van der Waals surface area contributed by atoms with Gasteiger partial charge in [0.2, 0.25) is 5.91 Å². The number of allylic oxidation sites excluding steroid dienone is 4. The predicted octanol–water partition coefficient (Wildman–Crippen LogP) is 22.9. The normalized spacial score (nSPS) is 12.6. The number of carbonyl (C=O) groups is 2. The highest BCUT2D eigenvalue weighted by Crippen LogP contribution is 2.19. The molecule has 0 spiro atoms. The third-order valence-corrected chi connectivity index (χ3v) is 16.8. The average molecular weight is 1100 g/mol. The van der Waals surface area contributed by atoms with E-state index >= 15 is 0 Å². The molecule has 0 fully saturated rings. The molecule has 0 aliphatic heterocycles. The van der Waals surface area contributed by atoms with E-state index in [9.17, 15) is 19.8 Å². The van der Waals surface area contributed by atoms with E-state index in [4.69, 9.17) is 4.74 Å². The molecule has 0 aromatic rings. The van der Waals surface area contributed by atoms with E-state index in [1.165, 1.54) is 315 Å². The topological polar surface area (TPSA) is 95.9 Å². The zero-order valence-corrected chi connectivity index (χ0v) is 52.9. The molecule has 0 saturated carbocycles. The molecular weight excluding hydrogens is 959 g/mol. The van der Waals surface area contributed by atoms with Gasteiger partial charge in [-0.3, -0.25) is 9.59 Å². The molecule has 2 unspecified atom stereocenters. The van der Waals surface area contributed by atoms with Crippen molar-refractivity contribution in [1.29, 1.82) is 0 Å². The third-order valence-electron chi connectivity index (χ3n) is 16.8. The SMILES string of the molecule is CCCCC/C=C\C/C=C\CCCCCCCC(=O)OCCCCCCCCCCCCCCCCCCCCCCCCCCCCCC(=O)NC(CO)C(O)CCCCCCCCCCCCCCCCCCCCC. The second-order valence-electron chi connectivity index (χ2n) is 24.6. The Bertz CT molecular complexity index is 1220. The molecule has 1 amide bonds. The molecule has 0 radical (unpaired) electrons. The summed E-state index contributed by atoms with van der Waals surface area (Å²) >= 11 is 0. The molecule has 0 aromatic carbocycles. The Balaban J connectivity index is 3.35. The van der Waals surface area contributed by atoms with Crippen LogP contribution in [-0.2, 0) is 14.3 Å². The van der Waals surface area contributed by atoms with Gasteiger partial charge < -0.3 is 20.3 Å². The van der Waals surface area contributed by atoms with Gasteiger partial charge in [-0.15, -0.1) is 0 Å². The fourth-order valence-electron chi connectivity index (χ4n) is 11.3. The Kier molecular flexibility index (Phi) is 66.4. The first-order chi connectivity index (χ1) is 38.5. The number of carbonyl (C=O) groups excluding carboxylic acids is 2. The van der Waals surface area contributed by atoms with Crippen LogP contribution in [0.15, 0.2) is 24.3 Å². The maximum Gasteiger partial charge on any atom is 0.305 e. The second-order valence-corrected chi connectivity index (χ2v) is 24.6. The molecule has 462 valence electrons. The fourth-order valence-corrected chi connectivity index (χ4v) is 11.3. The molecule has 3 N–H and O–H groups in total. The van der Waals surface area contributed by atoms with Crippen LogP contribution in [0.5, 0.6) is 0 Å². The Morgan fingerprint density at radius 1 is 0.359 bits per heavy atom.